The van der Waals surface area contributed by atoms with Gasteiger partial charge in [-0.3, -0.25) is 0 Å². The van der Waals surface area contributed by atoms with Crippen LogP contribution in [0.2, 0.25) is 0 Å². The molecule has 2 N–H and O–H groups in total. The van der Waals surface area contributed by atoms with Crippen molar-refractivity contribution < 1.29 is 9.84 Å². The summed E-state index contributed by atoms with van der Waals surface area (Å²) in [6, 6.07) is 8.29. The number of hydrogen-bond acceptors (Lipinski definition) is 4. The van der Waals surface area contributed by atoms with E-state index in [2.05, 4.69) is 17.1 Å². The lowest BCUT2D eigenvalue weighted by molar-refractivity contribution is 0.0765. The van der Waals surface area contributed by atoms with Crippen LogP contribution in [0, 0.1) is 5.92 Å². The Morgan fingerprint density at radius 2 is 2.30 bits per heavy atom. The molecule has 112 valence electrons. The number of piperidine rings is 1. The number of benzene rings is 1. The van der Waals surface area contributed by atoms with Crippen molar-refractivity contribution in [1.82, 2.24) is 10.2 Å². The Hall–Kier alpha value is -1.10. The van der Waals surface area contributed by atoms with Crippen molar-refractivity contribution in [2.24, 2.45) is 5.92 Å². The largest absolute Gasteiger partial charge is 0.497 e. The van der Waals surface area contributed by atoms with Crippen molar-refractivity contribution in [2.45, 2.75) is 25.5 Å². The maximum Gasteiger partial charge on any atom is 0.119 e. The molecule has 4 heteroatoms. The van der Waals surface area contributed by atoms with Crippen molar-refractivity contribution in [3.05, 3.63) is 29.8 Å². The number of rotatable bonds is 5. The standard InChI is InChI=1S/C16H26N2O2/c1-12-10-18(8-7-15(12)17-2)11-16(19)13-5-4-6-14(9-13)20-3/h4-6,9,12,15-17,19H,7-8,10-11H2,1-3H3. The summed E-state index contributed by atoms with van der Waals surface area (Å²) in [4.78, 5) is 2.35. The third kappa shape index (κ3) is 3.72. The Kier molecular flexibility index (Phi) is 5.40. The van der Waals surface area contributed by atoms with Gasteiger partial charge in [-0.1, -0.05) is 19.1 Å². The summed E-state index contributed by atoms with van der Waals surface area (Å²) in [5.41, 5.74) is 0.924. The van der Waals surface area contributed by atoms with E-state index < -0.39 is 6.10 Å². The van der Waals surface area contributed by atoms with Crippen LogP contribution in [-0.4, -0.2) is 49.8 Å². The fourth-order valence-electron chi connectivity index (χ4n) is 3.03. The van der Waals surface area contributed by atoms with Crippen LogP contribution in [-0.2, 0) is 0 Å². The van der Waals surface area contributed by atoms with Crippen LogP contribution in [0.25, 0.3) is 0 Å². The van der Waals surface area contributed by atoms with Crippen LogP contribution in [0.4, 0.5) is 0 Å². The quantitative estimate of drug-likeness (QED) is 0.860. The second kappa shape index (κ2) is 7.07. The molecule has 1 fully saturated rings. The van der Waals surface area contributed by atoms with E-state index in [9.17, 15) is 5.11 Å². The van der Waals surface area contributed by atoms with Gasteiger partial charge in [0.15, 0.2) is 0 Å². The molecule has 1 aliphatic rings. The van der Waals surface area contributed by atoms with Crippen LogP contribution in [0.15, 0.2) is 24.3 Å². The van der Waals surface area contributed by atoms with Crippen LogP contribution >= 0.6 is 0 Å². The van der Waals surface area contributed by atoms with Crippen molar-refractivity contribution in [2.75, 3.05) is 33.8 Å². The molecule has 0 aliphatic carbocycles. The minimum atomic E-state index is -0.455. The topological polar surface area (TPSA) is 44.7 Å². The van der Waals surface area contributed by atoms with Gasteiger partial charge in [0.25, 0.3) is 0 Å². The number of nitrogens with one attached hydrogen (secondary N) is 1. The number of hydrogen-bond donors (Lipinski definition) is 2. The molecule has 20 heavy (non-hydrogen) atoms. The SMILES string of the molecule is CNC1CCN(CC(O)c2cccc(OC)c2)CC1C. The van der Waals surface area contributed by atoms with Crippen LogP contribution < -0.4 is 10.1 Å². The molecule has 4 nitrogen and oxygen atoms in total. The summed E-state index contributed by atoms with van der Waals surface area (Å²) in [5.74, 6) is 1.41. The minimum absolute atomic E-state index is 0.455. The summed E-state index contributed by atoms with van der Waals surface area (Å²) in [7, 11) is 3.68. The normalized spacial score (nSPS) is 25.4. The molecule has 2 rings (SSSR count). The van der Waals surface area contributed by atoms with Crippen LogP contribution in [0.1, 0.15) is 25.0 Å². The Labute approximate surface area is 121 Å². The highest BCUT2D eigenvalue weighted by Crippen LogP contribution is 2.23. The van der Waals surface area contributed by atoms with Gasteiger partial charge in [-0.2, -0.15) is 0 Å². The molecule has 0 amide bonds. The zero-order valence-corrected chi connectivity index (χ0v) is 12.7. The first-order valence-electron chi connectivity index (χ1n) is 7.35. The van der Waals surface area contributed by atoms with E-state index in [0.29, 0.717) is 18.5 Å². The van der Waals surface area contributed by atoms with Gasteiger partial charge in [0.2, 0.25) is 0 Å². The highest BCUT2D eigenvalue weighted by atomic mass is 16.5. The van der Waals surface area contributed by atoms with E-state index in [1.54, 1.807) is 7.11 Å². The second-order valence-electron chi connectivity index (χ2n) is 5.71. The molecular formula is C16H26N2O2. The van der Waals surface area contributed by atoms with E-state index >= 15 is 0 Å². The average molecular weight is 278 g/mol. The molecule has 0 radical (unpaired) electrons. The fraction of sp³-hybridized carbons (Fsp3) is 0.625. The lowest BCUT2D eigenvalue weighted by atomic mass is 9.93. The number of methoxy groups -OCH3 is 1. The van der Waals surface area contributed by atoms with Gasteiger partial charge < -0.3 is 20.1 Å². The smallest absolute Gasteiger partial charge is 0.119 e. The molecule has 1 aromatic rings. The van der Waals surface area contributed by atoms with Crippen molar-refractivity contribution in [1.29, 1.82) is 0 Å². The molecule has 1 saturated heterocycles. The van der Waals surface area contributed by atoms with Gasteiger partial charge in [0, 0.05) is 19.1 Å². The van der Waals surface area contributed by atoms with E-state index in [1.165, 1.54) is 0 Å². The highest BCUT2D eigenvalue weighted by molar-refractivity contribution is 5.29. The van der Waals surface area contributed by atoms with Gasteiger partial charge >= 0.3 is 0 Å². The number of likely N-dealkylation sites (tertiary alicyclic amines) is 1. The van der Waals surface area contributed by atoms with E-state index in [4.69, 9.17) is 4.74 Å². The summed E-state index contributed by atoms with van der Waals surface area (Å²) in [5, 5.41) is 13.8. The number of aliphatic hydroxyl groups excluding tert-OH is 1. The lowest BCUT2D eigenvalue weighted by Crippen LogP contribution is -2.48. The van der Waals surface area contributed by atoms with Gasteiger partial charge in [-0.15, -0.1) is 0 Å². The maximum absolute atomic E-state index is 10.4. The second-order valence-corrected chi connectivity index (χ2v) is 5.71. The molecule has 0 saturated carbocycles. The summed E-state index contributed by atoms with van der Waals surface area (Å²) in [6.07, 6.45) is 0.686. The van der Waals surface area contributed by atoms with Gasteiger partial charge in [-0.25, -0.2) is 0 Å². The molecule has 3 atom stereocenters. The zero-order valence-electron chi connectivity index (χ0n) is 12.7. The first kappa shape index (κ1) is 15.3. The molecule has 1 aliphatic heterocycles. The Morgan fingerprint density at radius 1 is 1.50 bits per heavy atom. The van der Waals surface area contributed by atoms with Crippen molar-refractivity contribution in [3.63, 3.8) is 0 Å². The van der Waals surface area contributed by atoms with Gasteiger partial charge in [0.05, 0.1) is 13.2 Å². The van der Waals surface area contributed by atoms with E-state index in [1.807, 2.05) is 31.3 Å². The summed E-state index contributed by atoms with van der Waals surface area (Å²) < 4.78 is 5.21. The highest BCUT2D eigenvalue weighted by Gasteiger charge is 2.26. The first-order valence-corrected chi connectivity index (χ1v) is 7.35. The van der Waals surface area contributed by atoms with Gasteiger partial charge in [-0.05, 0) is 43.6 Å². The molecule has 0 bridgehead atoms. The minimum Gasteiger partial charge on any atom is -0.497 e. The van der Waals surface area contributed by atoms with Crippen LogP contribution in [0.3, 0.4) is 0 Å². The Balaban J connectivity index is 1.92. The molecule has 1 heterocycles. The van der Waals surface area contributed by atoms with E-state index in [-0.39, 0.29) is 0 Å². The summed E-state index contributed by atoms with van der Waals surface area (Å²) in [6.45, 7) is 5.03. The first-order chi connectivity index (χ1) is 9.63. The maximum atomic E-state index is 10.4. The monoisotopic (exact) mass is 278 g/mol. The molecule has 0 aromatic heterocycles. The molecular weight excluding hydrogens is 252 g/mol. The molecule has 0 spiro atoms. The zero-order chi connectivity index (χ0) is 14.5. The average Bonchev–Trinajstić information content (AvgIpc) is 2.47. The Bertz CT molecular complexity index is 425. The van der Waals surface area contributed by atoms with E-state index in [0.717, 1.165) is 30.8 Å². The van der Waals surface area contributed by atoms with Crippen molar-refractivity contribution in [3.8, 4) is 5.75 Å². The Morgan fingerprint density at radius 3 is 2.95 bits per heavy atom. The number of β-amino-alcohol motifs (C(OH)–C–C–N with tert-alkyl or cyclic N) is 1. The van der Waals surface area contributed by atoms with Crippen LogP contribution in [0.5, 0.6) is 5.75 Å². The third-order valence-corrected chi connectivity index (χ3v) is 4.27. The predicted molar refractivity (Wildman–Crippen MR) is 81.0 cm³/mol. The number of aliphatic hydroxyl groups is 1. The number of nitrogens with zero attached hydrogens (tertiary/aromatic N) is 1. The third-order valence-electron chi connectivity index (χ3n) is 4.27. The lowest BCUT2D eigenvalue weighted by Gasteiger charge is -2.37. The molecule has 1 aromatic carbocycles. The number of ether oxygens (including phenoxy) is 1. The molecule has 3 unspecified atom stereocenters. The fourth-order valence-corrected chi connectivity index (χ4v) is 3.03. The van der Waals surface area contributed by atoms with Crippen molar-refractivity contribution >= 4 is 0 Å². The van der Waals surface area contributed by atoms with Gasteiger partial charge in [0.1, 0.15) is 5.75 Å². The summed E-state index contributed by atoms with van der Waals surface area (Å²) >= 11 is 0. The predicted octanol–water partition coefficient (Wildman–Crippen LogP) is 1.66.